The molecule has 0 bridgehead atoms. The van der Waals surface area contributed by atoms with E-state index in [9.17, 15) is 19.5 Å². The second kappa shape index (κ2) is 10.8. The van der Waals surface area contributed by atoms with Crippen LogP contribution in [0.15, 0.2) is 24.4 Å². The Bertz CT molecular complexity index is 1230. The smallest absolute Gasteiger partial charge is 0.264 e. The summed E-state index contributed by atoms with van der Waals surface area (Å²) in [6.07, 6.45) is 7.04. The molecule has 10 nitrogen and oxygen atoms in total. The van der Waals surface area contributed by atoms with E-state index in [0.29, 0.717) is 32.4 Å². The number of rotatable bonds is 7. The average Bonchev–Trinajstić information content (AvgIpc) is 3.51. The number of likely N-dealkylation sites (N-methyl/N-ethyl adjacent to an activating group) is 1. The van der Waals surface area contributed by atoms with Crippen LogP contribution in [-0.2, 0) is 32.9 Å². The first-order valence-electron chi connectivity index (χ1n) is 14.2. The van der Waals surface area contributed by atoms with Gasteiger partial charge in [0.05, 0.1) is 17.5 Å². The van der Waals surface area contributed by atoms with Crippen LogP contribution in [0.4, 0.5) is 11.4 Å². The van der Waals surface area contributed by atoms with E-state index < -0.39 is 13.9 Å². The molecule has 5 rings (SSSR count). The molecule has 2 N–H and O–H groups in total. The van der Waals surface area contributed by atoms with E-state index in [1.165, 1.54) is 0 Å². The van der Waals surface area contributed by atoms with Crippen molar-refractivity contribution in [1.82, 2.24) is 15.0 Å². The summed E-state index contributed by atoms with van der Waals surface area (Å²) in [5.41, 5.74) is 1.68. The summed E-state index contributed by atoms with van der Waals surface area (Å²) in [4.78, 5) is 42.0. The Morgan fingerprint density at radius 1 is 1.18 bits per heavy atom. The molecule has 2 fully saturated rings. The Morgan fingerprint density at radius 2 is 1.95 bits per heavy atom. The zero-order valence-electron chi connectivity index (χ0n) is 23.5. The number of benzene rings is 1. The van der Waals surface area contributed by atoms with Crippen molar-refractivity contribution in [3.8, 4) is 0 Å². The molecule has 11 heteroatoms. The monoisotopic (exact) mass is 555 g/mol. The Labute approximate surface area is 231 Å². The molecular formula is C28H41N5O5Si. The molecule has 4 atom stereocenters. The summed E-state index contributed by atoms with van der Waals surface area (Å²) in [7, 11) is -0.997. The van der Waals surface area contributed by atoms with Gasteiger partial charge in [0.1, 0.15) is 0 Å². The second-order valence-electron chi connectivity index (χ2n) is 11.9. The van der Waals surface area contributed by atoms with Crippen LogP contribution in [0, 0.1) is 5.92 Å². The Hall–Kier alpha value is -2.60. The van der Waals surface area contributed by atoms with Crippen LogP contribution in [0.1, 0.15) is 56.7 Å². The minimum absolute atomic E-state index is 0.0108. The topological polar surface area (TPSA) is 121 Å². The summed E-state index contributed by atoms with van der Waals surface area (Å²) < 4.78 is 8.57. The Balaban J connectivity index is 1.50. The van der Waals surface area contributed by atoms with Crippen molar-refractivity contribution in [1.29, 1.82) is 0 Å². The largest absolute Gasteiger partial charge is 0.432 e. The number of aliphatic hydroxyl groups excluding tert-OH is 1. The van der Waals surface area contributed by atoms with E-state index in [1.54, 1.807) is 16.6 Å². The van der Waals surface area contributed by atoms with Gasteiger partial charge in [0.2, 0.25) is 5.91 Å². The number of fused-ring (bicyclic) bond motifs is 2. The number of anilines is 2. The summed E-state index contributed by atoms with van der Waals surface area (Å²) in [6, 6.07) is 5.85. The highest BCUT2D eigenvalue weighted by Gasteiger charge is 2.65. The molecule has 2 amide bonds. The fourth-order valence-electron chi connectivity index (χ4n) is 6.98. The maximum atomic E-state index is 14.0. The maximum absolute atomic E-state index is 14.0. The van der Waals surface area contributed by atoms with Crippen LogP contribution in [-0.4, -0.2) is 71.3 Å². The summed E-state index contributed by atoms with van der Waals surface area (Å²) in [5, 5.41) is 17.5. The van der Waals surface area contributed by atoms with E-state index in [1.807, 2.05) is 49.3 Å². The SMILES string of the molecule is C[C@@H]1[C@@H]([Si](C)(C)O)[C@H](CCn2cc(CCO)nn2)O[C@@]12C(=O)N(C)c1ccc(N3CCCCCCC3=O)cc12. The van der Waals surface area contributed by atoms with Gasteiger partial charge in [-0.2, -0.15) is 0 Å². The molecule has 1 aromatic carbocycles. The predicted octanol–water partition coefficient (Wildman–Crippen LogP) is 2.97. The zero-order chi connectivity index (χ0) is 27.9. The first-order chi connectivity index (χ1) is 18.6. The lowest BCUT2D eigenvalue weighted by molar-refractivity contribution is -0.145. The summed E-state index contributed by atoms with van der Waals surface area (Å²) >= 11 is 0. The number of aryl methyl sites for hydroxylation is 1. The van der Waals surface area contributed by atoms with Crippen LogP contribution < -0.4 is 9.80 Å². The number of aromatic nitrogens is 3. The molecule has 39 heavy (non-hydrogen) atoms. The lowest BCUT2D eigenvalue weighted by atomic mass is 9.82. The van der Waals surface area contributed by atoms with Crippen molar-refractivity contribution in [3.05, 3.63) is 35.7 Å². The molecule has 1 spiro atoms. The third kappa shape index (κ3) is 4.94. The highest BCUT2D eigenvalue weighted by atomic mass is 28.4. The summed E-state index contributed by atoms with van der Waals surface area (Å²) in [5.74, 6) is -0.267. The van der Waals surface area contributed by atoms with Crippen molar-refractivity contribution < 1.29 is 24.2 Å². The molecule has 0 radical (unpaired) electrons. The fraction of sp³-hybridized carbons (Fsp3) is 0.643. The van der Waals surface area contributed by atoms with Crippen LogP contribution >= 0.6 is 0 Å². The molecule has 2 saturated heterocycles. The number of hydrogen-bond acceptors (Lipinski definition) is 7. The number of aliphatic hydroxyl groups is 1. The number of nitrogens with zero attached hydrogens (tertiary/aromatic N) is 5. The number of hydrogen-bond donors (Lipinski definition) is 2. The molecule has 3 aliphatic rings. The molecule has 0 saturated carbocycles. The first kappa shape index (κ1) is 27.9. The van der Waals surface area contributed by atoms with E-state index >= 15 is 0 Å². The molecule has 3 aliphatic heterocycles. The Kier molecular flexibility index (Phi) is 7.71. The predicted molar refractivity (Wildman–Crippen MR) is 150 cm³/mol. The van der Waals surface area contributed by atoms with Gasteiger partial charge < -0.3 is 24.4 Å². The van der Waals surface area contributed by atoms with Crippen LogP contribution in [0.3, 0.4) is 0 Å². The number of ether oxygens (including phenoxy) is 1. The van der Waals surface area contributed by atoms with Gasteiger partial charge in [-0.3, -0.25) is 14.3 Å². The Morgan fingerprint density at radius 3 is 2.69 bits per heavy atom. The second-order valence-corrected chi connectivity index (χ2v) is 15.8. The van der Waals surface area contributed by atoms with Gasteiger partial charge >= 0.3 is 0 Å². The molecule has 0 unspecified atom stereocenters. The molecule has 212 valence electrons. The summed E-state index contributed by atoms with van der Waals surface area (Å²) in [6.45, 7) is 7.06. The van der Waals surface area contributed by atoms with Gasteiger partial charge in [-0.05, 0) is 50.6 Å². The maximum Gasteiger partial charge on any atom is 0.264 e. The minimum atomic E-state index is -2.77. The first-order valence-corrected chi connectivity index (χ1v) is 17.2. The minimum Gasteiger partial charge on any atom is -0.432 e. The van der Waals surface area contributed by atoms with Crippen molar-refractivity contribution in [2.45, 2.75) is 88.8 Å². The van der Waals surface area contributed by atoms with E-state index in [0.717, 1.165) is 48.3 Å². The number of carbonyl (C=O) groups is 2. The van der Waals surface area contributed by atoms with Gasteiger partial charge in [0.25, 0.3) is 5.91 Å². The van der Waals surface area contributed by atoms with E-state index in [4.69, 9.17) is 4.74 Å². The average molecular weight is 556 g/mol. The van der Waals surface area contributed by atoms with E-state index in [-0.39, 0.29) is 36.0 Å². The molecule has 4 heterocycles. The fourth-order valence-corrected chi connectivity index (χ4v) is 9.58. The third-order valence-electron chi connectivity index (χ3n) is 8.83. The highest BCUT2D eigenvalue weighted by molar-refractivity contribution is 6.71. The van der Waals surface area contributed by atoms with Crippen LogP contribution in [0.5, 0.6) is 0 Å². The molecule has 2 aromatic rings. The van der Waals surface area contributed by atoms with Crippen molar-refractivity contribution in [2.75, 3.05) is 30.0 Å². The van der Waals surface area contributed by atoms with Crippen molar-refractivity contribution in [3.63, 3.8) is 0 Å². The number of carbonyl (C=O) groups excluding carboxylic acids is 2. The lowest BCUT2D eigenvalue weighted by Gasteiger charge is -2.32. The van der Waals surface area contributed by atoms with Crippen LogP contribution in [0.2, 0.25) is 18.6 Å². The lowest BCUT2D eigenvalue weighted by Crippen LogP contribution is -2.45. The van der Waals surface area contributed by atoms with Crippen molar-refractivity contribution >= 4 is 31.5 Å². The van der Waals surface area contributed by atoms with E-state index in [2.05, 4.69) is 10.3 Å². The van der Waals surface area contributed by atoms with Gasteiger partial charge in [0.15, 0.2) is 13.9 Å². The van der Waals surface area contributed by atoms with Gasteiger partial charge in [-0.1, -0.05) is 25.0 Å². The molecule has 1 aromatic heterocycles. The quantitative estimate of drug-likeness (QED) is 0.504. The highest BCUT2D eigenvalue weighted by Crippen LogP contribution is 2.59. The van der Waals surface area contributed by atoms with Crippen molar-refractivity contribution in [2.24, 2.45) is 5.92 Å². The molecule has 0 aliphatic carbocycles. The van der Waals surface area contributed by atoms with Gasteiger partial charge in [-0.15, -0.1) is 5.10 Å². The molecular weight excluding hydrogens is 514 g/mol. The normalized spacial score (nSPS) is 27.8. The number of amides is 2. The zero-order valence-corrected chi connectivity index (χ0v) is 24.5. The van der Waals surface area contributed by atoms with Gasteiger partial charge in [-0.25, -0.2) is 0 Å². The van der Waals surface area contributed by atoms with Gasteiger partial charge in [0, 0.05) is 68.5 Å². The van der Waals surface area contributed by atoms with Crippen LogP contribution in [0.25, 0.3) is 0 Å². The standard InChI is InChI=1S/C28H41N5O5Si/c1-19-26(39(3,4)37)24(12-15-32-18-20(13-16-34)29-30-32)38-28(19)22-17-21(10-11-23(22)31(2)27(28)36)33-14-8-6-5-7-9-25(33)35/h10-11,17-19,24,26,34,37H,5-9,12-16H2,1-4H3/t19-,24+,26-,28+/m1/s1. The third-order valence-corrected chi connectivity index (χ3v) is 11.3.